The highest BCUT2D eigenvalue weighted by Crippen LogP contribution is 2.26. The number of ether oxygens (including phenoxy) is 3. The fourth-order valence-electron chi connectivity index (χ4n) is 2.29. The van der Waals surface area contributed by atoms with Crippen molar-refractivity contribution in [3.05, 3.63) is 0 Å². The molecule has 0 radical (unpaired) electrons. The number of aliphatic hydroxyl groups excluding tert-OH is 7. The van der Waals surface area contributed by atoms with Gasteiger partial charge in [0.1, 0.15) is 42.7 Å². The molecule has 21 heavy (non-hydrogen) atoms. The third-order valence-electron chi connectivity index (χ3n) is 3.59. The second-order valence-corrected chi connectivity index (χ2v) is 5.08. The fraction of sp³-hybridized carbons (Fsp3) is 1.00. The molecular formula is C11H20O10. The molecule has 0 spiro atoms. The first-order chi connectivity index (χ1) is 9.86. The van der Waals surface area contributed by atoms with Crippen molar-refractivity contribution < 1.29 is 50.0 Å². The van der Waals surface area contributed by atoms with Crippen LogP contribution in [0.1, 0.15) is 0 Å². The van der Waals surface area contributed by atoms with Gasteiger partial charge in [-0.15, -0.1) is 0 Å². The molecule has 0 saturated carbocycles. The van der Waals surface area contributed by atoms with Crippen molar-refractivity contribution >= 4 is 0 Å². The summed E-state index contributed by atoms with van der Waals surface area (Å²) in [6.07, 6.45) is -13.3. The lowest BCUT2D eigenvalue weighted by atomic mass is 9.98. The highest BCUT2D eigenvalue weighted by Gasteiger charge is 2.48. The van der Waals surface area contributed by atoms with E-state index in [1.807, 2.05) is 0 Å². The molecule has 10 heteroatoms. The van der Waals surface area contributed by atoms with E-state index in [0.29, 0.717) is 0 Å². The Morgan fingerprint density at radius 1 is 0.905 bits per heavy atom. The Morgan fingerprint density at radius 3 is 2.19 bits per heavy atom. The summed E-state index contributed by atoms with van der Waals surface area (Å²) in [4.78, 5) is 0. The number of aliphatic hydroxyl groups is 7. The lowest BCUT2D eigenvalue weighted by Crippen LogP contribution is -2.62. The number of hydrogen-bond donors (Lipinski definition) is 7. The molecule has 2 aliphatic rings. The molecule has 7 N–H and O–H groups in total. The SMILES string of the molecule is OC[C@@H]1O[C@@H](O[C@@H]2[C@H](O)[C@H](O)OC[C@H]2O)[C@H](O)[C@@H](O)[C@H]1O. The first kappa shape index (κ1) is 17.0. The summed E-state index contributed by atoms with van der Waals surface area (Å²) in [6, 6.07) is 0. The Bertz CT molecular complexity index is 339. The average Bonchev–Trinajstić information content (AvgIpc) is 2.47. The summed E-state index contributed by atoms with van der Waals surface area (Å²) in [5.74, 6) is 0. The molecule has 0 bridgehead atoms. The molecule has 2 fully saturated rings. The van der Waals surface area contributed by atoms with Crippen molar-refractivity contribution in [2.75, 3.05) is 13.2 Å². The quantitative estimate of drug-likeness (QED) is 0.268. The number of hydrogen-bond acceptors (Lipinski definition) is 10. The molecule has 0 aromatic rings. The van der Waals surface area contributed by atoms with Crippen molar-refractivity contribution in [3.63, 3.8) is 0 Å². The topological polar surface area (TPSA) is 169 Å². The maximum absolute atomic E-state index is 9.79. The monoisotopic (exact) mass is 312 g/mol. The van der Waals surface area contributed by atoms with E-state index in [1.54, 1.807) is 0 Å². The van der Waals surface area contributed by atoms with Gasteiger partial charge in [0.05, 0.1) is 13.2 Å². The molecule has 0 aliphatic carbocycles. The highest BCUT2D eigenvalue weighted by molar-refractivity contribution is 4.91. The van der Waals surface area contributed by atoms with E-state index in [2.05, 4.69) is 4.74 Å². The van der Waals surface area contributed by atoms with Crippen LogP contribution < -0.4 is 0 Å². The van der Waals surface area contributed by atoms with Crippen LogP contribution in [-0.4, -0.2) is 104 Å². The van der Waals surface area contributed by atoms with Gasteiger partial charge in [0.25, 0.3) is 0 Å². The van der Waals surface area contributed by atoms with Gasteiger partial charge in [0.2, 0.25) is 0 Å². The molecular weight excluding hydrogens is 292 g/mol. The summed E-state index contributed by atoms with van der Waals surface area (Å²) in [7, 11) is 0. The Kier molecular flexibility index (Phi) is 5.48. The molecule has 9 atom stereocenters. The first-order valence-electron chi connectivity index (χ1n) is 6.48. The van der Waals surface area contributed by atoms with E-state index in [-0.39, 0.29) is 6.61 Å². The highest BCUT2D eigenvalue weighted by atomic mass is 16.7. The van der Waals surface area contributed by atoms with Crippen LogP contribution in [0.4, 0.5) is 0 Å². The maximum atomic E-state index is 9.79. The first-order valence-corrected chi connectivity index (χ1v) is 6.48. The van der Waals surface area contributed by atoms with Gasteiger partial charge >= 0.3 is 0 Å². The molecule has 2 saturated heterocycles. The van der Waals surface area contributed by atoms with Crippen molar-refractivity contribution in [1.29, 1.82) is 0 Å². The molecule has 2 heterocycles. The van der Waals surface area contributed by atoms with E-state index in [9.17, 15) is 30.6 Å². The second-order valence-electron chi connectivity index (χ2n) is 5.08. The van der Waals surface area contributed by atoms with Crippen LogP contribution in [0.5, 0.6) is 0 Å². The largest absolute Gasteiger partial charge is 0.394 e. The molecule has 0 unspecified atom stereocenters. The number of rotatable bonds is 3. The maximum Gasteiger partial charge on any atom is 0.187 e. The second kappa shape index (κ2) is 6.79. The summed E-state index contributed by atoms with van der Waals surface area (Å²) < 4.78 is 15.0. The van der Waals surface area contributed by atoms with Gasteiger partial charge in [-0.1, -0.05) is 0 Å². The van der Waals surface area contributed by atoms with Crippen LogP contribution in [0.2, 0.25) is 0 Å². The lowest BCUT2D eigenvalue weighted by Gasteiger charge is -2.43. The summed E-state index contributed by atoms with van der Waals surface area (Å²) in [5, 5.41) is 66.8. The third kappa shape index (κ3) is 3.35. The summed E-state index contributed by atoms with van der Waals surface area (Å²) >= 11 is 0. The fourth-order valence-corrected chi connectivity index (χ4v) is 2.29. The third-order valence-corrected chi connectivity index (χ3v) is 3.59. The Labute approximate surface area is 119 Å². The summed E-state index contributed by atoms with van der Waals surface area (Å²) in [5.41, 5.74) is 0. The van der Waals surface area contributed by atoms with E-state index in [4.69, 9.17) is 14.6 Å². The van der Waals surface area contributed by atoms with E-state index < -0.39 is 61.9 Å². The summed E-state index contributed by atoms with van der Waals surface area (Å²) in [6.45, 7) is -0.938. The minimum atomic E-state index is -1.66. The zero-order chi connectivity index (χ0) is 15.7. The van der Waals surface area contributed by atoms with Gasteiger partial charge in [-0.25, -0.2) is 0 Å². The average molecular weight is 312 g/mol. The van der Waals surface area contributed by atoms with Gasteiger partial charge in [-0.2, -0.15) is 0 Å². The molecule has 0 aromatic carbocycles. The molecule has 2 rings (SSSR count). The van der Waals surface area contributed by atoms with Crippen LogP contribution >= 0.6 is 0 Å². The van der Waals surface area contributed by atoms with Crippen molar-refractivity contribution in [1.82, 2.24) is 0 Å². The predicted molar refractivity (Wildman–Crippen MR) is 62.6 cm³/mol. The normalized spacial score (nSPS) is 51.9. The van der Waals surface area contributed by atoms with Gasteiger partial charge in [-0.3, -0.25) is 0 Å². The Balaban J connectivity index is 2.06. The van der Waals surface area contributed by atoms with Crippen molar-refractivity contribution in [2.24, 2.45) is 0 Å². The molecule has 0 amide bonds. The van der Waals surface area contributed by atoms with E-state index in [1.165, 1.54) is 0 Å². The minimum Gasteiger partial charge on any atom is -0.394 e. The van der Waals surface area contributed by atoms with E-state index in [0.717, 1.165) is 0 Å². The van der Waals surface area contributed by atoms with Crippen molar-refractivity contribution in [2.45, 2.75) is 55.3 Å². The zero-order valence-electron chi connectivity index (χ0n) is 11.0. The zero-order valence-corrected chi connectivity index (χ0v) is 11.0. The Morgan fingerprint density at radius 2 is 1.57 bits per heavy atom. The van der Waals surface area contributed by atoms with Crippen LogP contribution in [0.15, 0.2) is 0 Å². The molecule has 124 valence electrons. The molecule has 2 aliphatic heterocycles. The van der Waals surface area contributed by atoms with Crippen LogP contribution in [-0.2, 0) is 14.2 Å². The van der Waals surface area contributed by atoms with Crippen LogP contribution in [0, 0.1) is 0 Å². The Hall–Kier alpha value is -0.400. The predicted octanol–water partition coefficient (Wildman–Crippen LogP) is -4.76. The van der Waals surface area contributed by atoms with Gasteiger partial charge in [-0.05, 0) is 0 Å². The van der Waals surface area contributed by atoms with Gasteiger partial charge in [0, 0.05) is 0 Å². The van der Waals surface area contributed by atoms with E-state index >= 15 is 0 Å². The smallest absolute Gasteiger partial charge is 0.187 e. The van der Waals surface area contributed by atoms with Gasteiger partial charge in [0.15, 0.2) is 12.6 Å². The van der Waals surface area contributed by atoms with Crippen molar-refractivity contribution in [3.8, 4) is 0 Å². The van der Waals surface area contributed by atoms with Gasteiger partial charge < -0.3 is 50.0 Å². The van der Waals surface area contributed by atoms with Crippen LogP contribution in [0.3, 0.4) is 0 Å². The molecule has 0 aromatic heterocycles. The standard InChI is InChI=1S/C11H20O10/c12-1-4-5(14)6(15)7(16)11(20-4)21-9-3(13)2-19-10(18)8(9)17/h3-18H,1-2H2/t3-,4+,5+,6+,7-,8+,9+,10-,11+/m1/s1. The lowest BCUT2D eigenvalue weighted by molar-refractivity contribution is -0.345. The minimum absolute atomic E-state index is 0.305. The van der Waals surface area contributed by atoms with Crippen LogP contribution in [0.25, 0.3) is 0 Å². The molecule has 10 nitrogen and oxygen atoms in total.